The van der Waals surface area contributed by atoms with Crippen molar-refractivity contribution in [2.45, 2.75) is 19.9 Å². The number of rotatable bonds is 7. The number of allylic oxidation sites excluding steroid dienone is 1. The molecule has 4 aromatic rings. The van der Waals surface area contributed by atoms with Gasteiger partial charge in [-0.25, -0.2) is 9.97 Å². The summed E-state index contributed by atoms with van der Waals surface area (Å²) >= 11 is 1.34. The van der Waals surface area contributed by atoms with Gasteiger partial charge in [-0.2, -0.15) is 0 Å². The van der Waals surface area contributed by atoms with Crippen LogP contribution in [0.2, 0.25) is 0 Å². The molecule has 0 saturated heterocycles. The van der Waals surface area contributed by atoms with E-state index in [-0.39, 0.29) is 5.91 Å². The van der Waals surface area contributed by atoms with Crippen LogP contribution in [0.3, 0.4) is 0 Å². The number of hydrogen-bond donors (Lipinski definition) is 1. The van der Waals surface area contributed by atoms with Gasteiger partial charge >= 0.3 is 0 Å². The Labute approximate surface area is 185 Å². The van der Waals surface area contributed by atoms with E-state index in [1.165, 1.54) is 16.9 Å². The minimum absolute atomic E-state index is 0.128. The second-order valence-corrected chi connectivity index (χ2v) is 8.02. The molecule has 0 aliphatic carbocycles. The van der Waals surface area contributed by atoms with Crippen molar-refractivity contribution in [3.63, 3.8) is 0 Å². The van der Waals surface area contributed by atoms with E-state index in [2.05, 4.69) is 38.5 Å². The van der Waals surface area contributed by atoms with Crippen LogP contribution in [0.1, 0.15) is 32.2 Å². The first-order valence-corrected chi connectivity index (χ1v) is 10.8. The van der Waals surface area contributed by atoms with E-state index in [0.717, 1.165) is 17.7 Å². The molecule has 0 radical (unpaired) electrons. The van der Waals surface area contributed by atoms with E-state index in [0.29, 0.717) is 27.8 Å². The fourth-order valence-electron chi connectivity index (χ4n) is 3.07. The number of aryl methyl sites for hydroxylation is 1. The van der Waals surface area contributed by atoms with Gasteiger partial charge in [-0.15, -0.1) is 11.3 Å². The van der Waals surface area contributed by atoms with Crippen LogP contribution in [0.15, 0.2) is 79.1 Å². The molecule has 0 saturated carbocycles. The molecule has 0 unspecified atom stereocenters. The Balaban J connectivity index is 1.45. The van der Waals surface area contributed by atoms with Gasteiger partial charge in [0.15, 0.2) is 0 Å². The highest BCUT2D eigenvalue weighted by Crippen LogP contribution is 2.26. The van der Waals surface area contributed by atoms with Crippen LogP contribution in [0, 0.1) is 6.92 Å². The van der Waals surface area contributed by atoms with Gasteiger partial charge in [-0.1, -0.05) is 66.7 Å². The summed E-state index contributed by atoms with van der Waals surface area (Å²) < 4.78 is 0. The fourth-order valence-corrected chi connectivity index (χ4v) is 4.01. The Morgan fingerprint density at radius 3 is 2.42 bits per heavy atom. The molecule has 0 atom stereocenters. The summed E-state index contributed by atoms with van der Waals surface area (Å²) in [6, 6.07) is 20.1. The van der Waals surface area contributed by atoms with Crippen molar-refractivity contribution >= 4 is 23.3 Å². The zero-order valence-corrected chi connectivity index (χ0v) is 18.0. The summed E-state index contributed by atoms with van der Waals surface area (Å²) in [6.45, 7) is 2.32. The predicted molar refractivity (Wildman–Crippen MR) is 125 cm³/mol. The molecular formula is C25H22N4OS. The lowest BCUT2D eigenvalue weighted by Gasteiger charge is -2.03. The van der Waals surface area contributed by atoms with Gasteiger partial charge in [0.05, 0.1) is 23.8 Å². The molecule has 0 aliphatic rings. The zero-order chi connectivity index (χ0) is 21.5. The number of nitrogens with zero attached hydrogens (tertiary/aromatic N) is 3. The Kier molecular flexibility index (Phi) is 6.59. The molecule has 1 N–H and O–H groups in total. The number of carbonyl (C=O) groups excluding carboxylic acids is 1. The maximum atomic E-state index is 12.6. The Bertz CT molecular complexity index is 1190. The van der Waals surface area contributed by atoms with Crippen LogP contribution in [0.25, 0.3) is 16.8 Å². The SMILES string of the molecule is Cc1nc(-c2cncc(C=CCc3ccccc3)n2)sc1C(=O)NCc1ccccc1. The topological polar surface area (TPSA) is 67.8 Å². The molecule has 0 aliphatic heterocycles. The lowest BCUT2D eigenvalue weighted by Crippen LogP contribution is -2.22. The summed E-state index contributed by atoms with van der Waals surface area (Å²) in [4.78, 5) is 26.7. The van der Waals surface area contributed by atoms with E-state index in [4.69, 9.17) is 0 Å². The number of benzene rings is 2. The lowest BCUT2D eigenvalue weighted by atomic mass is 10.1. The van der Waals surface area contributed by atoms with Crippen molar-refractivity contribution in [2.75, 3.05) is 0 Å². The van der Waals surface area contributed by atoms with Crippen LogP contribution in [-0.4, -0.2) is 20.9 Å². The Hall–Kier alpha value is -3.64. The van der Waals surface area contributed by atoms with Crippen molar-refractivity contribution in [3.05, 3.63) is 107 Å². The van der Waals surface area contributed by atoms with E-state index >= 15 is 0 Å². The average molecular weight is 427 g/mol. The van der Waals surface area contributed by atoms with Gasteiger partial charge in [0, 0.05) is 6.54 Å². The largest absolute Gasteiger partial charge is 0.347 e. The minimum atomic E-state index is -0.128. The first kappa shape index (κ1) is 20.6. The molecule has 0 spiro atoms. The standard InChI is InChI=1S/C25H22N4OS/c1-18-23(24(30)27-15-20-11-6-3-7-12-20)31-25(28-18)22-17-26-16-21(29-22)14-8-13-19-9-4-2-5-10-19/h2-12,14,16-17H,13,15H2,1H3,(H,27,30). The number of hydrogen-bond acceptors (Lipinski definition) is 5. The summed E-state index contributed by atoms with van der Waals surface area (Å²) in [5.74, 6) is -0.128. The molecule has 1 amide bonds. The smallest absolute Gasteiger partial charge is 0.263 e. The summed E-state index contributed by atoms with van der Waals surface area (Å²) in [5, 5.41) is 3.65. The Morgan fingerprint density at radius 1 is 0.968 bits per heavy atom. The van der Waals surface area contributed by atoms with Crippen LogP contribution in [0.5, 0.6) is 0 Å². The van der Waals surface area contributed by atoms with E-state index in [1.807, 2.05) is 61.5 Å². The van der Waals surface area contributed by atoms with Gasteiger partial charge in [-0.05, 0) is 30.5 Å². The van der Waals surface area contributed by atoms with Crippen molar-refractivity contribution in [3.8, 4) is 10.7 Å². The highest BCUT2D eigenvalue weighted by atomic mass is 32.1. The van der Waals surface area contributed by atoms with E-state index in [9.17, 15) is 4.79 Å². The average Bonchev–Trinajstić information content (AvgIpc) is 3.21. The first-order valence-electron chi connectivity index (χ1n) is 10.0. The van der Waals surface area contributed by atoms with E-state index in [1.54, 1.807) is 12.4 Å². The molecule has 2 aromatic heterocycles. The highest BCUT2D eigenvalue weighted by molar-refractivity contribution is 7.17. The summed E-state index contributed by atoms with van der Waals surface area (Å²) in [6.07, 6.45) is 8.25. The van der Waals surface area contributed by atoms with Crippen molar-refractivity contribution in [1.29, 1.82) is 0 Å². The molecule has 2 aromatic carbocycles. The molecule has 31 heavy (non-hydrogen) atoms. The number of carbonyl (C=O) groups is 1. The maximum absolute atomic E-state index is 12.6. The minimum Gasteiger partial charge on any atom is -0.347 e. The maximum Gasteiger partial charge on any atom is 0.263 e. The lowest BCUT2D eigenvalue weighted by molar-refractivity contribution is 0.0954. The Morgan fingerprint density at radius 2 is 1.68 bits per heavy atom. The normalized spacial score (nSPS) is 11.0. The van der Waals surface area contributed by atoms with Gasteiger partial charge in [0.25, 0.3) is 5.91 Å². The van der Waals surface area contributed by atoms with Crippen LogP contribution in [-0.2, 0) is 13.0 Å². The van der Waals surface area contributed by atoms with Crippen LogP contribution < -0.4 is 5.32 Å². The molecule has 0 bridgehead atoms. The van der Waals surface area contributed by atoms with Crippen LogP contribution in [0.4, 0.5) is 0 Å². The monoisotopic (exact) mass is 426 g/mol. The van der Waals surface area contributed by atoms with Crippen LogP contribution >= 0.6 is 11.3 Å². The zero-order valence-electron chi connectivity index (χ0n) is 17.2. The summed E-state index contributed by atoms with van der Waals surface area (Å²) in [5.41, 5.74) is 4.41. The van der Waals surface area contributed by atoms with Crippen molar-refractivity contribution < 1.29 is 4.79 Å². The molecule has 5 nitrogen and oxygen atoms in total. The highest BCUT2D eigenvalue weighted by Gasteiger charge is 2.17. The first-order chi connectivity index (χ1) is 15.2. The number of aromatic nitrogens is 3. The van der Waals surface area contributed by atoms with E-state index < -0.39 is 0 Å². The summed E-state index contributed by atoms with van der Waals surface area (Å²) in [7, 11) is 0. The molecular weight excluding hydrogens is 404 g/mol. The predicted octanol–water partition coefficient (Wildman–Crippen LogP) is 5.09. The van der Waals surface area contributed by atoms with Gasteiger partial charge in [-0.3, -0.25) is 9.78 Å². The van der Waals surface area contributed by atoms with Gasteiger partial charge in [0.2, 0.25) is 0 Å². The number of amides is 1. The number of thiazole rings is 1. The third kappa shape index (κ3) is 5.49. The molecule has 2 heterocycles. The fraction of sp³-hybridized carbons (Fsp3) is 0.120. The third-order valence-electron chi connectivity index (χ3n) is 4.66. The quantitative estimate of drug-likeness (QED) is 0.447. The van der Waals surface area contributed by atoms with Gasteiger partial charge < -0.3 is 5.32 Å². The molecule has 0 fully saturated rings. The molecule has 6 heteroatoms. The second kappa shape index (κ2) is 9.91. The second-order valence-electron chi connectivity index (χ2n) is 7.02. The number of nitrogens with one attached hydrogen (secondary N) is 1. The third-order valence-corrected chi connectivity index (χ3v) is 5.83. The van der Waals surface area contributed by atoms with Gasteiger partial charge in [0.1, 0.15) is 15.6 Å². The van der Waals surface area contributed by atoms with Crippen molar-refractivity contribution in [2.24, 2.45) is 0 Å². The molecule has 4 rings (SSSR count). The van der Waals surface area contributed by atoms with Crippen molar-refractivity contribution in [1.82, 2.24) is 20.3 Å². The molecule has 154 valence electrons.